The number of hydrogen-bond acceptors (Lipinski definition) is 4. The lowest BCUT2D eigenvalue weighted by Crippen LogP contribution is -2.42. The van der Waals surface area contributed by atoms with Gasteiger partial charge in [-0.2, -0.15) is 5.10 Å². The fourth-order valence-electron chi connectivity index (χ4n) is 2.63. The number of aromatic nitrogens is 2. The zero-order valence-corrected chi connectivity index (χ0v) is 11.8. The molecule has 110 valence electrons. The van der Waals surface area contributed by atoms with Gasteiger partial charge in [-0.3, -0.25) is 14.3 Å². The predicted octanol–water partition coefficient (Wildman–Crippen LogP) is 1.22. The van der Waals surface area contributed by atoms with Gasteiger partial charge in [0.15, 0.2) is 0 Å². The van der Waals surface area contributed by atoms with Crippen LogP contribution in [0.25, 0.3) is 0 Å². The molecular formula is C14H21N3O3. The molecule has 0 atom stereocenters. The predicted molar refractivity (Wildman–Crippen MR) is 72.8 cm³/mol. The summed E-state index contributed by atoms with van der Waals surface area (Å²) in [5.41, 5.74) is 0. The summed E-state index contributed by atoms with van der Waals surface area (Å²) in [5.74, 6) is -0.359. The Kier molecular flexibility index (Phi) is 5.15. The number of methoxy groups -OCH3 is 1. The maximum Gasteiger partial charge on any atom is 0.325 e. The number of ether oxygens (including phenoxy) is 1. The monoisotopic (exact) mass is 279 g/mol. The summed E-state index contributed by atoms with van der Waals surface area (Å²) in [6.45, 7) is 0.593. The molecule has 0 N–H and O–H groups in total. The van der Waals surface area contributed by atoms with Crippen LogP contribution in [0.1, 0.15) is 32.1 Å². The second-order valence-electron chi connectivity index (χ2n) is 5.06. The van der Waals surface area contributed by atoms with E-state index in [9.17, 15) is 9.59 Å². The largest absolute Gasteiger partial charge is 0.468 e. The molecule has 20 heavy (non-hydrogen) atoms. The van der Waals surface area contributed by atoms with Crippen molar-refractivity contribution in [2.45, 2.75) is 44.7 Å². The molecule has 6 heteroatoms. The number of carbonyl (C=O) groups is 2. The van der Waals surface area contributed by atoms with Crippen molar-refractivity contribution in [1.82, 2.24) is 14.7 Å². The Bertz CT molecular complexity index is 439. The second-order valence-corrected chi connectivity index (χ2v) is 5.06. The highest BCUT2D eigenvalue weighted by molar-refractivity contribution is 5.82. The lowest BCUT2D eigenvalue weighted by molar-refractivity contribution is -0.148. The molecule has 1 aromatic heterocycles. The van der Waals surface area contributed by atoms with Crippen molar-refractivity contribution in [3.8, 4) is 0 Å². The van der Waals surface area contributed by atoms with Gasteiger partial charge < -0.3 is 9.64 Å². The van der Waals surface area contributed by atoms with Crippen LogP contribution in [-0.2, 0) is 20.9 Å². The Balaban J connectivity index is 1.93. The molecule has 1 aliphatic rings. The van der Waals surface area contributed by atoms with Gasteiger partial charge in [0.1, 0.15) is 6.54 Å². The van der Waals surface area contributed by atoms with Gasteiger partial charge in [-0.15, -0.1) is 0 Å². The molecule has 0 aliphatic heterocycles. The van der Waals surface area contributed by atoms with Crippen molar-refractivity contribution in [1.29, 1.82) is 0 Å². The third-order valence-electron chi connectivity index (χ3n) is 3.73. The maximum absolute atomic E-state index is 12.4. The minimum Gasteiger partial charge on any atom is -0.468 e. The summed E-state index contributed by atoms with van der Waals surface area (Å²) in [5, 5.41) is 4.08. The Morgan fingerprint density at radius 3 is 2.75 bits per heavy atom. The van der Waals surface area contributed by atoms with E-state index in [0.29, 0.717) is 13.0 Å². The lowest BCUT2D eigenvalue weighted by Gasteiger charge is -2.28. The molecule has 1 fully saturated rings. The van der Waals surface area contributed by atoms with Crippen molar-refractivity contribution in [3.05, 3.63) is 18.5 Å². The van der Waals surface area contributed by atoms with E-state index in [0.717, 1.165) is 25.7 Å². The van der Waals surface area contributed by atoms with E-state index in [1.807, 2.05) is 12.3 Å². The molecule has 1 heterocycles. The first-order chi connectivity index (χ1) is 9.70. The molecule has 0 spiro atoms. The van der Waals surface area contributed by atoms with E-state index in [4.69, 9.17) is 4.74 Å². The van der Waals surface area contributed by atoms with E-state index in [2.05, 4.69) is 5.10 Å². The average molecular weight is 279 g/mol. The van der Waals surface area contributed by atoms with E-state index in [1.54, 1.807) is 15.8 Å². The van der Waals surface area contributed by atoms with E-state index >= 15 is 0 Å². The molecule has 1 saturated carbocycles. The molecule has 0 unspecified atom stereocenters. The highest BCUT2D eigenvalue weighted by Crippen LogP contribution is 2.24. The van der Waals surface area contributed by atoms with E-state index in [1.165, 1.54) is 7.11 Å². The van der Waals surface area contributed by atoms with Crippen molar-refractivity contribution >= 4 is 11.9 Å². The number of amides is 1. The number of esters is 1. The highest BCUT2D eigenvalue weighted by atomic mass is 16.5. The second kappa shape index (κ2) is 7.07. The Morgan fingerprint density at radius 1 is 1.40 bits per heavy atom. The van der Waals surface area contributed by atoms with Crippen molar-refractivity contribution in [2.75, 3.05) is 13.7 Å². The molecule has 2 rings (SSSR count). The lowest BCUT2D eigenvalue weighted by atomic mass is 10.2. The molecule has 0 bridgehead atoms. The van der Waals surface area contributed by atoms with Crippen LogP contribution >= 0.6 is 0 Å². The Hall–Kier alpha value is -1.85. The molecule has 0 saturated heterocycles. The summed E-state index contributed by atoms with van der Waals surface area (Å²) >= 11 is 0. The average Bonchev–Trinajstić information content (AvgIpc) is 3.14. The molecule has 1 aliphatic carbocycles. The van der Waals surface area contributed by atoms with Crippen LogP contribution in [0.15, 0.2) is 18.5 Å². The molecule has 0 radical (unpaired) electrons. The summed E-state index contributed by atoms with van der Waals surface area (Å²) in [7, 11) is 1.35. The van der Waals surface area contributed by atoms with Crippen LogP contribution in [0, 0.1) is 0 Å². The van der Waals surface area contributed by atoms with Gasteiger partial charge in [-0.05, 0) is 18.9 Å². The quantitative estimate of drug-likeness (QED) is 0.734. The third kappa shape index (κ3) is 3.82. The van der Waals surface area contributed by atoms with Gasteiger partial charge in [-0.1, -0.05) is 12.8 Å². The number of hydrogen-bond donors (Lipinski definition) is 0. The zero-order valence-electron chi connectivity index (χ0n) is 11.8. The van der Waals surface area contributed by atoms with Crippen LogP contribution in [0.3, 0.4) is 0 Å². The first kappa shape index (κ1) is 14.6. The normalized spacial score (nSPS) is 15.2. The fourth-order valence-corrected chi connectivity index (χ4v) is 2.63. The number of aryl methyl sites for hydroxylation is 1. The van der Waals surface area contributed by atoms with E-state index in [-0.39, 0.29) is 24.5 Å². The van der Waals surface area contributed by atoms with Crippen LogP contribution < -0.4 is 0 Å². The Morgan fingerprint density at radius 2 is 2.15 bits per heavy atom. The summed E-state index contributed by atoms with van der Waals surface area (Å²) in [6.07, 6.45) is 8.06. The number of carbonyl (C=O) groups excluding carboxylic acids is 2. The van der Waals surface area contributed by atoms with Crippen LogP contribution in [0.4, 0.5) is 0 Å². The fraction of sp³-hybridized carbons (Fsp3) is 0.643. The first-order valence-corrected chi connectivity index (χ1v) is 7.04. The van der Waals surface area contributed by atoms with E-state index < -0.39 is 0 Å². The molecule has 6 nitrogen and oxygen atoms in total. The van der Waals surface area contributed by atoms with Crippen molar-refractivity contribution < 1.29 is 14.3 Å². The Labute approximate surface area is 118 Å². The minimum absolute atomic E-state index is 0.00204. The molecule has 0 aromatic carbocycles. The van der Waals surface area contributed by atoms with Gasteiger partial charge in [0, 0.05) is 31.4 Å². The SMILES string of the molecule is COC(=O)CN(C(=O)CCn1cccn1)C1CCCC1. The number of nitrogens with zero attached hydrogens (tertiary/aromatic N) is 3. The van der Waals surface area contributed by atoms with Gasteiger partial charge in [-0.25, -0.2) is 0 Å². The first-order valence-electron chi connectivity index (χ1n) is 7.04. The zero-order chi connectivity index (χ0) is 14.4. The van der Waals surface area contributed by atoms with Crippen molar-refractivity contribution in [2.24, 2.45) is 0 Å². The van der Waals surface area contributed by atoms with Crippen LogP contribution in [0.2, 0.25) is 0 Å². The minimum atomic E-state index is -0.357. The smallest absolute Gasteiger partial charge is 0.325 e. The third-order valence-corrected chi connectivity index (χ3v) is 3.73. The molecular weight excluding hydrogens is 258 g/mol. The van der Waals surface area contributed by atoms with Crippen molar-refractivity contribution in [3.63, 3.8) is 0 Å². The standard InChI is InChI=1S/C14H21N3O3/c1-20-14(19)11-17(12-5-2-3-6-12)13(18)7-10-16-9-4-8-15-16/h4,8-9,12H,2-3,5-7,10-11H2,1H3. The highest BCUT2D eigenvalue weighted by Gasteiger charge is 2.28. The van der Waals surface area contributed by atoms with Gasteiger partial charge in [0.2, 0.25) is 5.91 Å². The number of rotatable bonds is 6. The summed E-state index contributed by atoms with van der Waals surface area (Å²) < 4.78 is 6.42. The van der Waals surface area contributed by atoms with Crippen LogP contribution in [0.5, 0.6) is 0 Å². The molecule has 1 aromatic rings. The summed E-state index contributed by atoms with van der Waals surface area (Å²) in [4.78, 5) is 25.5. The van der Waals surface area contributed by atoms with Gasteiger partial charge >= 0.3 is 5.97 Å². The topological polar surface area (TPSA) is 64.4 Å². The maximum atomic E-state index is 12.4. The molecule has 1 amide bonds. The van der Waals surface area contributed by atoms with Crippen LogP contribution in [-0.4, -0.2) is 46.3 Å². The van der Waals surface area contributed by atoms with Gasteiger partial charge in [0.05, 0.1) is 7.11 Å². The summed E-state index contributed by atoms with van der Waals surface area (Å²) in [6, 6.07) is 2.01. The van der Waals surface area contributed by atoms with Gasteiger partial charge in [0.25, 0.3) is 0 Å².